The van der Waals surface area contributed by atoms with E-state index in [0.29, 0.717) is 12.3 Å². The smallest absolute Gasteiger partial charge is 0.433 e. The molecule has 2 heterocycles. The average Bonchev–Trinajstić information content (AvgIpc) is 3.32. The van der Waals surface area contributed by atoms with Gasteiger partial charge < -0.3 is 15.2 Å². The number of aryl methyl sites for hydroxylation is 1. The fraction of sp³-hybridized carbons (Fsp3) is 0.640. The van der Waals surface area contributed by atoms with Gasteiger partial charge in [-0.1, -0.05) is 6.92 Å². The quantitative estimate of drug-likeness (QED) is 0.552. The first-order chi connectivity index (χ1) is 16.1. The summed E-state index contributed by atoms with van der Waals surface area (Å²) in [7, 11) is 0. The monoisotopic (exact) mass is 486 g/mol. The molecule has 2 N–H and O–H groups in total. The van der Waals surface area contributed by atoms with Gasteiger partial charge in [-0.25, -0.2) is 14.8 Å². The van der Waals surface area contributed by atoms with Crippen molar-refractivity contribution in [2.45, 2.75) is 96.7 Å². The van der Waals surface area contributed by atoms with Crippen LogP contribution in [0, 0.1) is 5.41 Å². The van der Waals surface area contributed by atoms with Gasteiger partial charge in [-0.15, -0.1) is 11.3 Å². The van der Waals surface area contributed by atoms with E-state index >= 15 is 0 Å². The van der Waals surface area contributed by atoms with Gasteiger partial charge in [0, 0.05) is 22.9 Å². The molecule has 0 bridgehead atoms. The number of aromatic nitrogens is 2. The van der Waals surface area contributed by atoms with Crippen LogP contribution in [0.4, 0.5) is 4.79 Å². The maximum Gasteiger partial charge on any atom is 0.433 e. The number of amides is 2. The summed E-state index contributed by atoms with van der Waals surface area (Å²) in [5, 5.41) is 0.949. The predicted molar refractivity (Wildman–Crippen MR) is 133 cm³/mol. The van der Waals surface area contributed by atoms with Crippen molar-refractivity contribution in [2.24, 2.45) is 16.1 Å². The third kappa shape index (κ3) is 5.40. The molecule has 2 aromatic heterocycles. The lowest BCUT2D eigenvalue weighted by Crippen LogP contribution is -2.34. The number of rotatable bonds is 6. The van der Waals surface area contributed by atoms with Crippen molar-refractivity contribution >= 4 is 39.8 Å². The Balaban J connectivity index is 1.47. The zero-order valence-corrected chi connectivity index (χ0v) is 21.2. The molecular formula is C25H34N4O4S. The van der Waals surface area contributed by atoms with E-state index in [9.17, 15) is 9.59 Å². The Hall–Kier alpha value is -2.55. The molecule has 2 aliphatic carbocycles. The van der Waals surface area contributed by atoms with Gasteiger partial charge in [-0.2, -0.15) is 4.99 Å². The Bertz CT molecular complexity index is 1100. The Morgan fingerprint density at radius 1 is 1.26 bits per heavy atom. The molecule has 2 aliphatic rings. The Morgan fingerprint density at radius 2 is 2.00 bits per heavy atom. The highest BCUT2D eigenvalue weighted by atomic mass is 32.1. The number of ether oxygens (including phenoxy) is 2. The number of primary amides is 1. The van der Waals surface area contributed by atoms with Crippen LogP contribution in [0.3, 0.4) is 0 Å². The van der Waals surface area contributed by atoms with Gasteiger partial charge in [0.15, 0.2) is 0 Å². The van der Waals surface area contributed by atoms with Gasteiger partial charge in [0.25, 0.3) is 0 Å². The molecule has 9 heteroatoms. The number of hydrogen-bond acceptors (Lipinski definition) is 7. The van der Waals surface area contributed by atoms with E-state index in [1.807, 2.05) is 20.8 Å². The number of nitrogens with zero attached hydrogens (tertiary/aromatic N) is 3. The first kappa shape index (κ1) is 24.6. The minimum Gasteiger partial charge on any atom is -0.474 e. The number of carbonyl (C=O) groups excluding carboxylic acids is 2. The molecule has 0 aliphatic heterocycles. The molecule has 0 radical (unpaired) electrons. The fourth-order valence-corrected chi connectivity index (χ4v) is 6.30. The second-order valence-corrected chi connectivity index (χ2v) is 11.6. The van der Waals surface area contributed by atoms with Crippen LogP contribution in [0.15, 0.2) is 11.3 Å². The normalized spacial score (nSPS) is 24.9. The molecule has 0 spiro atoms. The maximum absolute atomic E-state index is 12.1. The van der Waals surface area contributed by atoms with E-state index in [0.717, 1.165) is 60.7 Å². The van der Waals surface area contributed by atoms with Gasteiger partial charge in [0.05, 0.1) is 5.39 Å². The zero-order chi connectivity index (χ0) is 24.5. The SMILES string of the molecule is CCC1(/C=N\C(=O)OC(C)(C)C)CCC(Oc2ncnc3sc4c(c23)[C@@H](CC(N)=O)CC4)CC1. The van der Waals surface area contributed by atoms with Crippen molar-refractivity contribution in [1.82, 2.24) is 9.97 Å². The number of carbonyl (C=O) groups is 2. The first-order valence-corrected chi connectivity index (χ1v) is 12.9. The molecule has 8 nitrogen and oxygen atoms in total. The lowest BCUT2D eigenvalue weighted by molar-refractivity contribution is -0.118. The number of fused-ring (bicyclic) bond motifs is 3. The minimum absolute atomic E-state index is 0.0271. The van der Waals surface area contributed by atoms with E-state index in [1.165, 1.54) is 4.88 Å². The van der Waals surface area contributed by atoms with Crippen LogP contribution in [-0.4, -0.2) is 39.9 Å². The number of thiophene rings is 1. The van der Waals surface area contributed by atoms with Gasteiger partial charge >= 0.3 is 6.09 Å². The standard InChI is InChI=1S/C25H34N4O4S/c1-5-25(13-27-23(31)33-24(2,3)4)10-8-16(9-11-25)32-21-20-19-15(12-18(26)30)6-7-17(19)34-22(20)29-14-28-21/h13-16H,5-12H2,1-4H3,(H2,26,30)/b27-13-/t15-,16?,25?/m1/s1. The molecule has 1 saturated carbocycles. The molecular weight excluding hydrogens is 452 g/mol. The van der Waals surface area contributed by atoms with E-state index < -0.39 is 11.7 Å². The lowest BCUT2D eigenvalue weighted by atomic mass is 9.72. The van der Waals surface area contributed by atoms with Crippen LogP contribution in [0.25, 0.3) is 10.2 Å². The summed E-state index contributed by atoms with van der Waals surface area (Å²) in [6.07, 6.45) is 9.37. The molecule has 0 unspecified atom stereocenters. The van der Waals surface area contributed by atoms with E-state index in [2.05, 4.69) is 21.9 Å². The molecule has 2 aromatic rings. The highest BCUT2D eigenvalue weighted by molar-refractivity contribution is 7.19. The summed E-state index contributed by atoms with van der Waals surface area (Å²) < 4.78 is 11.8. The summed E-state index contributed by atoms with van der Waals surface area (Å²) in [5.74, 6) is 0.431. The summed E-state index contributed by atoms with van der Waals surface area (Å²) >= 11 is 1.67. The van der Waals surface area contributed by atoms with E-state index in [-0.39, 0.29) is 23.3 Å². The Labute approximate surface area is 204 Å². The summed E-state index contributed by atoms with van der Waals surface area (Å²) in [6.45, 7) is 7.63. The van der Waals surface area contributed by atoms with Crippen molar-refractivity contribution in [1.29, 1.82) is 0 Å². The number of aliphatic imine (C=N–C) groups is 1. The van der Waals surface area contributed by atoms with Crippen LogP contribution in [0.5, 0.6) is 5.88 Å². The van der Waals surface area contributed by atoms with Crippen LogP contribution in [0.1, 0.15) is 89.0 Å². The minimum atomic E-state index is -0.555. The van der Waals surface area contributed by atoms with Crippen LogP contribution >= 0.6 is 11.3 Å². The number of nitrogens with two attached hydrogens (primary N) is 1. The molecule has 2 amide bonds. The first-order valence-electron chi connectivity index (χ1n) is 12.1. The fourth-order valence-electron chi connectivity index (χ4n) is 5.07. The molecule has 0 aromatic carbocycles. The predicted octanol–water partition coefficient (Wildman–Crippen LogP) is 5.32. The number of hydrogen-bond donors (Lipinski definition) is 1. The van der Waals surface area contributed by atoms with E-state index in [1.54, 1.807) is 23.9 Å². The van der Waals surface area contributed by atoms with Crippen molar-refractivity contribution in [3.63, 3.8) is 0 Å². The van der Waals surface area contributed by atoms with Crippen LogP contribution in [0.2, 0.25) is 0 Å². The third-order valence-corrected chi connectivity index (χ3v) is 8.06. The van der Waals surface area contributed by atoms with Gasteiger partial charge in [-0.05, 0) is 77.2 Å². The molecule has 1 fully saturated rings. The Kier molecular flexibility index (Phi) is 6.94. The maximum atomic E-state index is 12.1. The second-order valence-electron chi connectivity index (χ2n) is 10.5. The van der Waals surface area contributed by atoms with Gasteiger partial charge in [-0.3, -0.25) is 4.79 Å². The highest BCUT2D eigenvalue weighted by Crippen LogP contribution is 2.47. The summed E-state index contributed by atoms with van der Waals surface area (Å²) in [5.41, 5.74) is 5.97. The summed E-state index contributed by atoms with van der Waals surface area (Å²) in [6, 6.07) is 0. The van der Waals surface area contributed by atoms with Gasteiger partial charge in [0.2, 0.25) is 11.8 Å². The third-order valence-electron chi connectivity index (χ3n) is 6.89. The van der Waals surface area contributed by atoms with Gasteiger partial charge in [0.1, 0.15) is 22.9 Å². The Morgan fingerprint density at radius 3 is 2.65 bits per heavy atom. The molecule has 34 heavy (non-hydrogen) atoms. The summed E-state index contributed by atoms with van der Waals surface area (Å²) in [4.78, 5) is 38.9. The average molecular weight is 487 g/mol. The largest absolute Gasteiger partial charge is 0.474 e. The van der Waals surface area contributed by atoms with Crippen molar-refractivity contribution in [3.8, 4) is 5.88 Å². The highest BCUT2D eigenvalue weighted by Gasteiger charge is 2.35. The zero-order valence-electron chi connectivity index (χ0n) is 20.4. The lowest BCUT2D eigenvalue weighted by Gasteiger charge is -2.36. The van der Waals surface area contributed by atoms with Crippen molar-refractivity contribution < 1.29 is 19.1 Å². The molecule has 1 atom stereocenters. The molecule has 4 rings (SSSR count). The van der Waals surface area contributed by atoms with E-state index in [4.69, 9.17) is 15.2 Å². The topological polar surface area (TPSA) is 117 Å². The molecule has 184 valence electrons. The van der Waals surface area contributed by atoms with Crippen molar-refractivity contribution in [2.75, 3.05) is 0 Å². The van der Waals surface area contributed by atoms with Crippen LogP contribution in [-0.2, 0) is 16.0 Å². The molecule has 0 saturated heterocycles. The van der Waals surface area contributed by atoms with Crippen LogP contribution < -0.4 is 10.5 Å². The van der Waals surface area contributed by atoms with Crippen molar-refractivity contribution in [3.05, 3.63) is 16.8 Å². The second kappa shape index (κ2) is 9.60.